The minimum absolute atomic E-state index is 0.0286. The maximum absolute atomic E-state index is 11.6. The first kappa shape index (κ1) is 23.3. The van der Waals surface area contributed by atoms with Crippen LogP contribution in [-0.2, 0) is 9.59 Å². The zero-order valence-electron chi connectivity index (χ0n) is 18.4. The molecule has 0 unspecified atom stereocenters. The third kappa shape index (κ3) is 6.84. The highest BCUT2D eigenvalue weighted by Gasteiger charge is 2.19. The number of ketones is 1. The predicted octanol–water partition coefficient (Wildman–Crippen LogP) is 3.93. The largest absolute Gasteiger partial charge is 0.402 e. The molecule has 1 aliphatic rings. The molecular weight excluding hydrogens is 424 g/mol. The van der Waals surface area contributed by atoms with Crippen LogP contribution in [0.15, 0.2) is 64.4 Å². The summed E-state index contributed by atoms with van der Waals surface area (Å²) in [6.45, 7) is 8.84. The van der Waals surface area contributed by atoms with Gasteiger partial charge in [-0.3, -0.25) is 9.59 Å². The van der Waals surface area contributed by atoms with E-state index in [1.165, 1.54) is 11.8 Å². The fourth-order valence-electron chi connectivity index (χ4n) is 3.11. The normalized spacial score (nSPS) is 14.2. The van der Waals surface area contributed by atoms with Gasteiger partial charge < -0.3 is 21.3 Å². The highest BCUT2D eigenvalue weighted by Crippen LogP contribution is 2.30. The molecule has 9 heteroatoms. The summed E-state index contributed by atoms with van der Waals surface area (Å²) in [5.41, 5.74) is 7.75. The van der Waals surface area contributed by atoms with Crippen molar-refractivity contribution in [3.8, 4) is 0 Å². The van der Waals surface area contributed by atoms with Crippen LogP contribution in [0.25, 0.3) is 0 Å². The lowest BCUT2D eigenvalue weighted by molar-refractivity contribution is -0.119. The Bertz CT molecular complexity index is 1020. The Kier molecular flexibility index (Phi) is 7.88. The van der Waals surface area contributed by atoms with Gasteiger partial charge in [0.15, 0.2) is 5.16 Å². The van der Waals surface area contributed by atoms with Gasteiger partial charge in [0.2, 0.25) is 5.91 Å². The molecule has 2 heterocycles. The fourth-order valence-corrected chi connectivity index (χ4v) is 3.87. The van der Waals surface area contributed by atoms with Crippen LogP contribution in [-0.4, -0.2) is 34.7 Å². The lowest BCUT2D eigenvalue weighted by Crippen LogP contribution is -2.34. The number of aromatic nitrogens is 2. The van der Waals surface area contributed by atoms with Gasteiger partial charge >= 0.3 is 0 Å². The van der Waals surface area contributed by atoms with Gasteiger partial charge in [-0.05, 0) is 49.0 Å². The van der Waals surface area contributed by atoms with Gasteiger partial charge in [-0.15, -0.1) is 0 Å². The molecule has 168 valence electrons. The van der Waals surface area contributed by atoms with Gasteiger partial charge in [0, 0.05) is 60.4 Å². The lowest BCUT2D eigenvalue weighted by Gasteiger charge is -2.27. The number of hydrogen-bond acceptors (Lipinski definition) is 8. The minimum atomic E-state index is -0.0286. The maximum atomic E-state index is 11.6. The summed E-state index contributed by atoms with van der Waals surface area (Å²) in [7, 11) is 0. The van der Waals surface area contributed by atoms with Crippen molar-refractivity contribution in [2.75, 3.05) is 28.6 Å². The summed E-state index contributed by atoms with van der Waals surface area (Å²) in [6, 6.07) is 9.39. The Morgan fingerprint density at radius 2 is 1.91 bits per heavy atom. The van der Waals surface area contributed by atoms with Gasteiger partial charge in [-0.2, -0.15) is 0 Å². The Morgan fingerprint density at radius 3 is 2.53 bits per heavy atom. The molecule has 3 rings (SSSR count). The SMILES string of the molecule is C=C(/C=C(/C)N)Nc1cc(N2CCC(=O)CC2)nc(Sc2ccc(NC(=O)CC)cc2)n1. The maximum Gasteiger partial charge on any atom is 0.224 e. The van der Waals surface area contributed by atoms with Crippen LogP contribution in [0.4, 0.5) is 17.3 Å². The fraction of sp³-hybridized carbons (Fsp3) is 0.304. The first-order chi connectivity index (χ1) is 15.3. The molecule has 8 nitrogen and oxygen atoms in total. The number of piperidine rings is 1. The third-order valence-electron chi connectivity index (χ3n) is 4.70. The number of nitrogens with two attached hydrogens (primary N) is 1. The van der Waals surface area contributed by atoms with E-state index in [1.54, 1.807) is 13.0 Å². The highest BCUT2D eigenvalue weighted by atomic mass is 32.2. The molecule has 0 spiro atoms. The summed E-state index contributed by atoms with van der Waals surface area (Å²) >= 11 is 1.42. The van der Waals surface area contributed by atoms with Gasteiger partial charge in [-0.25, -0.2) is 9.97 Å². The smallest absolute Gasteiger partial charge is 0.224 e. The van der Waals surface area contributed by atoms with Crippen LogP contribution >= 0.6 is 11.8 Å². The number of amides is 1. The van der Waals surface area contributed by atoms with Crippen LogP contribution in [0.5, 0.6) is 0 Å². The summed E-state index contributed by atoms with van der Waals surface area (Å²) in [4.78, 5) is 35.6. The summed E-state index contributed by atoms with van der Waals surface area (Å²) in [5, 5.41) is 6.57. The molecule has 0 aliphatic carbocycles. The van der Waals surface area contributed by atoms with Crippen LogP contribution < -0.4 is 21.3 Å². The molecule has 1 saturated heterocycles. The van der Waals surface area contributed by atoms with Crippen molar-refractivity contribution in [2.45, 2.75) is 43.2 Å². The summed E-state index contributed by atoms with van der Waals surface area (Å²) in [5.74, 6) is 1.60. The molecule has 4 N–H and O–H groups in total. The molecule has 0 bridgehead atoms. The molecule has 1 aliphatic heterocycles. The van der Waals surface area contributed by atoms with E-state index in [-0.39, 0.29) is 11.7 Å². The summed E-state index contributed by atoms with van der Waals surface area (Å²) in [6.07, 6.45) is 3.20. The number of Topliss-reactive ketones (excluding diaryl/α,β-unsaturated/α-hetero) is 1. The average Bonchev–Trinajstić information content (AvgIpc) is 2.74. The van der Waals surface area contributed by atoms with E-state index in [0.717, 1.165) is 16.4 Å². The van der Waals surface area contributed by atoms with Gasteiger partial charge in [-0.1, -0.05) is 13.5 Å². The number of allylic oxidation sites excluding steroid dienone is 2. The number of carbonyl (C=O) groups excluding carboxylic acids is 2. The third-order valence-corrected chi connectivity index (χ3v) is 5.57. The zero-order valence-corrected chi connectivity index (χ0v) is 19.2. The monoisotopic (exact) mass is 452 g/mol. The topological polar surface area (TPSA) is 113 Å². The molecule has 0 atom stereocenters. The zero-order chi connectivity index (χ0) is 23.1. The Hall–Kier alpha value is -3.33. The number of nitrogens with one attached hydrogen (secondary N) is 2. The number of anilines is 3. The number of nitrogens with zero attached hydrogens (tertiary/aromatic N) is 3. The predicted molar refractivity (Wildman–Crippen MR) is 129 cm³/mol. The average molecular weight is 453 g/mol. The van der Waals surface area contributed by atoms with Crippen LogP contribution in [0, 0.1) is 0 Å². The molecule has 32 heavy (non-hydrogen) atoms. The van der Waals surface area contributed by atoms with Gasteiger partial charge in [0.05, 0.1) is 0 Å². The second kappa shape index (κ2) is 10.8. The van der Waals surface area contributed by atoms with E-state index >= 15 is 0 Å². The van der Waals surface area contributed by atoms with E-state index in [0.29, 0.717) is 54.7 Å². The summed E-state index contributed by atoms with van der Waals surface area (Å²) < 4.78 is 0. The van der Waals surface area contributed by atoms with Crippen molar-refractivity contribution < 1.29 is 9.59 Å². The van der Waals surface area contributed by atoms with E-state index in [9.17, 15) is 9.59 Å². The molecular formula is C23H28N6O2S. The minimum Gasteiger partial charge on any atom is -0.402 e. The van der Waals surface area contributed by atoms with Gasteiger partial charge in [0.1, 0.15) is 17.4 Å². The van der Waals surface area contributed by atoms with Crippen molar-refractivity contribution >= 4 is 40.8 Å². The quantitative estimate of drug-likeness (QED) is 0.408. The second-order valence-corrected chi connectivity index (χ2v) is 8.53. The van der Waals surface area contributed by atoms with Crippen LogP contribution in [0.2, 0.25) is 0 Å². The molecule has 1 aromatic heterocycles. The van der Waals surface area contributed by atoms with Gasteiger partial charge in [0.25, 0.3) is 0 Å². The van der Waals surface area contributed by atoms with E-state index in [1.807, 2.05) is 37.3 Å². The Labute approximate surface area is 192 Å². The lowest BCUT2D eigenvalue weighted by atomic mass is 10.1. The molecule has 0 radical (unpaired) electrons. The molecule has 0 saturated carbocycles. The first-order valence-corrected chi connectivity index (χ1v) is 11.3. The number of rotatable bonds is 8. The Balaban J connectivity index is 1.83. The number of hydrogen-bond donors (Lipinski definition) is 3. The van der Waals surface area contributed by atoms with Crippen LogP contribution in [0.1, 0.15) is 33.1 Å². The van der Waals surface area contributed by atoms with Crippen molar-refractivity contribution in [3.05, 3.63) is 54.4 Å². The second-order valence-electron chi connectivity index (χ2n) is 7.49. The van der Waals surface area contributed by atoms with E-state index in [2.05, 4.69) is 27.1 Å². The van der Waals surface area contributed by atoms with E-state index in [4.69, 9.17) is 10.7 Å². The molecule has 1 aromatic carbocycles. The standard InChI is InChI=1S/C23H28N6O2S/c1-4-22(31)26-17-5-7-19(8-6-17)32-23-27-20(25-16(3)13-15(2)24)14-21(28-23)29-11-9-18(30)10-12-29/h5-8,13-14H,3-4,9-12,24H2,1-2H3,(H,26,31)(H,25,27,28)/b15-13-. The number of benzene rings is 1. The van der Waals surface area contributed by atoms with Crippen molar-refractivity contribution in [2.24, 2.45) is 5.73 Å². The number of carbonyl (C=O) groups is 2. The van der Waals surface area contributed by atoms with E-state index < -0.39 is 0 Å². The molecule has 2 aromatic rings. The molecule has 1 amide bonds. The first-order valence-electron chi connectivity index (χ1n) is 10.5. The van der Waals surface area contributed by atoms with Crippen molar-refractivity contribution in [1.29, 1.82) is 0 Å². The Morgan fingerprint density at radius 1 is 1.22 bits per heavy atom. The molecule has 1 fully saturated rings. The van der Waals surface area contributed by atoms with Crippen molar-refractivity contribution in [3.63, 3.8) is 0 Å². The van der Waals surface area contributed by atoms with Crippen molar-refractivity contribution in [1.82, 2.24) is 9.97 Å². The highest BCUT2D eigenvalue weighted by molar-refractivity contribution is 7.99. The van der Waals surface area contributed by atoms with Crippen LogP contribution in [0.3, 0.4) is 0 Å².